The van der Waals surface area contributed by atoms with Gasteiger partial charge >= 0.3 is 0 Å². The highest BCUT2D eigenvalue weighted by Gasteiger charge is 2.19. The molecule has 5 heteroatoms. The minimum absolute atomic E-state index is 0.0781. The number of benzene rings is 1. The fraction of sp³-hybridized carbons (Fsp3) is 0.562. The Balaban J connectivity index is 1.89. The van der Waals surface area contributed by atoms with Crippen LogP contribution in [0.15, 0.2) is 23.4 Å². The molecule has 1 saturated carbocycles. The van der Waals surface area contributed by atoms with Gasteiger partial charge in [-0.25, -0.2) is 0 Å². The van der Waals surface area contributed by atoms with Crippen molar-refractivity contribution in [2.75, 3.05) is 0 Å². The van der Waals surface area contributed by atoms with Crippen LogP contribution in [0.25, 0.3) is 0 Å². The number of nitrogens with one attached hydrogen (secondary N) is 1. The van der Waals surface area contributed by atoms with Crippen molar-refractivity contribution in [3.05, 3.63) is 34.3 Å². The van der Waals surface area contributed by atoms with Crippen molar-refractivity contribution in [3.8, 4) is 0 Å². The second kappa shape index (κ2) is 7.66. The highest BCUT2D eigenvalue weighted by Crippen LogP contribution is 2.27. The molecule has 1 fully saturated rings. The normalized spacial score (nSPS) is 23.2. The van der Waals surface area contributed by atoms with Crippen LogP contribution in [0.5, 0.6) is 0 Å². The van der Waals surface area contributed by atoms with Gasteiger partial charge in [-0.1, -0.05) is 42.2 Å². The summed E-state index contributed by atoms with van der Waals surface area (Å²) in [5, 5.41) is 15.9. The number of amidine groups is 1. The highest BCUT2D eigenvalue weighted by molar-refractivity contribution is 6.31. The SMILES string of the molecule is CCC1CCC(NCc2ccc(/C(N)=N/O)cc2Cl)CC1. The second-order valence-electron chi connectivity index (χ2n) is 5.80. The summed E-state index contributed by atoms with van der Waals surface area (Å²) in [5.41, 5.74) is 7.24. The molecule has 0 bridgehead atoms. The molecule has 2 rings (SSSR count). The van der Waals surface area contributed by atoms with E-state index < -0.39 is 0 Å². The molecule has 1 aromatic carbocycles. The van der Waals surface area contributed by atoms with Crippen molar-refractivity contribution in [1.29, 1.82) is 0 Å². The monoisotopic (exact) mass is 309 g/mol. The summed E-state index contributed by atoms with van der Waals surface area (Å²) in [7, 11) is 0. The lowest BCUT2D eigenvalue weighted by molar-refractivity contribution is 0.285. The number of hydrogen-bond acceptors (Lipinski definition) is 3. The van der Waals surface area contributed by atoms with Crippen LogP contribution < -0.4 is 11.1 Å². The Labute approximate surface area is 131 Å². The maximum Gasteiger partial charge on any atom is 0.170 e. The van der Waals surface area contributed by atoms with Gasteiger partial charge in [0.05, 0.1) is 0 Å². The van der Waals surface area contributed by atoms with Gasteiger partial charge in [-0.15, -0.1) is 0 Å². The predicted molar refractivity (Wildman–Crippen MR) is 86.8 cm³/mol. The standard InChI is InChI=1S/C16H24ClN3O/c1-2-11-3-7-14(8-4-11)19-10-13-6-5-12(9-15(13)17)16(18)20-21/h5-6,9,11,14,19,21H,2-4,7-8,10H2,1H3,(H2,18,20). The smallest absolute Gasteiger partial charge is 0.170 e. The van der Waals surface area contributed by atoms with Crippen molar-refractivity contribution in [2.45, 2.75) is 51.6 Å². The van der Waals surface area contributed by atoms with Crippen molar-refractivity contribution < 1.29 is 5.21 Å². The van der Waals surface area contributed by atoms with Gasteiger partial charge in [-0.05, 0) is 43.2 Å². The summed E-state index contributed by atoms with van der Waals surface area (Å²) in [6, 6.07) is 6.08. The molecule has 1 aromatic rings. The number of halogens is 1. The zero-order valence-corrected chi connectivity index (χ0v) is 13.2. The molecule has 116 valence electrons. The molecule has 4 N–H and O–H groups in total. The van der Waals surface area contributed by atoms with Gasteiger partial charge < -0.3 is 16.3 Å². The largest absolute Gasteiger partial charge is 0.409 e. The number of nitrogens with two attached hydrogens (primary N) is 1. The first-order chi connectivity index (χ1) is 10.1. The molecular formula is C16H24ClN3O. The number of rotatable bonds is 5. The molecule has 0 radical (unpaired) electrons. The van der Waals surface area contributed by atoms with E-state index in [2.05, 4.69) is 17.4 Å². The molecule has 21 heavy (non-hydrogen) atoms. The van der Waals surface area contributed by atoms with E-state index in [9.17, 15) is 0 Å². The van der Waals surface area contributed by atoms with E-state index in [1.165, 1.54) is 32.1 Å². The molecule has 1 aliphatic carbocycles. The maximum absolute atomic E-state index is 8.67. The number of oxime groups is 1. The molecule has 0 heterocycles. The van der Waals surface area contributed by atoms with Crippen LogP contribution in [0.1, 0.15) is 50.2 Å². The lowest BCUT2D eigenvalue weighted by Gasteiger charge is -2.28. The van der Waals surface area contributed by atoms with E-state index in [0.717, 1.165) is 18.0 Å². The molecule has 0 atom stereocenters. The Morgan fingerprint density at radius 3 is 2.67 bits per heavy atom. The van der Waals surface area contributed by atoms with E-state index in [1.54, 1.807) is 6.07 Å². The second-order valence-corrected chi connectivity index (χ2v) is 6.21. The summed E-state index contributed by atoms with van der Waals surface area (Å²) in [6.45, 7) is 3.04. The van der Waals surface area contributed by atoms with Gasteiger partial charge in [-0.3, -0.25) is 0 Å². The summed E-state index contributed by atoms with van der Waals surface area (Å²) in [5.74, 6) is 0.987. The topological polar surface area (TPSA) is 70.6 Å². The van der Waals surface area contributed by atoms with Gasteiger partial charge in [0.15, 0.2) is 5.84 Å². The van der Waals surface area contributed by atoms with Crippen LogP contribution in [0, 0.1) is 5.92 Å². The third-order valence-electron chi connectivity index (χ3n) is 4.46. The zero-order valence-electron chi connectivity index (χ0n) is 12.5. The van der Waals surface area contributed by atoms with Crippen molar-refractivity contribution >= 4 is 17.4 Å². The average molecular weight is 310 g/mol. The summed E-state index contributed by atoms with van der Waals surface area (Å²) >= 11 is 6.26. The first-order valence-corrected chi connectivity index (χ1v) is 8.01. The van der Waals surface area contributed by atoms with E-state index >= 15 is 0 Å². The van der Waals surface area contributed by atoms with Crippen LogP contribution >= 0.6 is 11.6 Å². The van der Waals surface area contributed by atoms with Gasteiger partial charge in [0.25, 0.3) is 0 Å². The molecule has 0 saturated heterocycles. The molecule has 4 nitrogen and oxygen atoms in total. The van der Waals surface area contributed by atoms with Crippen LogP contribution in [-0.4, -0.2) is 17.1 Å². The third kappa shape index (κ3) is 4.35. The Hall–Kier alpha value is -1.26. The van der Waals surface area contributed by atoms with Crippen molar-refractivity contribution in [2.24, 2.45) is 16.8 Å². The molecular weight excluding hydrogens is 286 g/mol. The fourth-order valence-corrected chi connectivity index (χ4v) is 3.18. The molecule has 0 aromatic heterocycles. The molecule has 0 spiro atoms. The molecule has 1 aliphatic rings. The van der Waals surface area contributed by atoms with Crippen LogP contribution in [0.4, 0.5) is 0 Å². The Morgan fingerprint density at radius 2 is 2.10 bits per heavy atom. The van der Waals surface area contributed by atoms with E-state index in [1.807, 2.05) is 12.1 Å². The van der Waals surface area contributed by atoms with Crippen LogP contribution in [0.2, 0.25) is 5.02 Å². The van der Waals surface area contributed by atoms with Gasteiger partial charge in [0.1, 0.15) is 0 Å². The van der Waals surface area contributed by atoms with Gasteiger partial charge in [0.2, 0.25) is 0 Å². The number of nitrogens with zero attached hydrogens (tertiary/aromatic N) is 1. The Kier molecular flexibility index (Phi) is 5.88. The first kappa shape index (κ1) is 16.1. The summed E-state index contributed by atoms with van der Waals surface area (Å²) in [4.78, 5) is 0. The van der Waals surface area contributed by atoms with E-state index in [4.69, 9.17) is 22.5 Å². The molecule has 0 aliphatic heterocycles. The van der Waals surface area contributed by atoms with E-state index in [0.29, 0.717) is 16.6 Å². The van der Waals surface area contributed by atoms with Crippen molar-refractivity contribution in [3.63, 3.8) is 0 Å². The average Bonchev–Trinajstić information content (AvgIpc) is 2.53. The number of hydrogen-bond donors (Lipinski definition) is 3. The van der Waals surface area contributed by atoms with Crippen LogP contribution in [0.3, 0.4) is 0 Å². The lowest BCUT2D eigenvalue weighted by atomic mass is 9.84. The maximum atomic E-state index is 8.67. The summed E-state index contributed by atoms with van der Waals surface area (Å²) in [6.07, 6.45) is 6.44. The highest BCUT2D eigenvalue weighted by atomic mass is 35.5. The predicted octanol–water partition coefficient (Wildman–Crippen LogP) is 3.49. The van der Waals surface area contributed by atoms with Crippen LogP contribution in [-0.2, 0) is 6.54 Å². The van der Waals surface area contributed by atoms with E-state index in [-0.39, 0.29) is 5.84 Å². The van der Waals surface area contributed by atoms with Gasteiger partial charge in [0, 0.05) is 23.2 Å². The molecule has 0 unspecified atom stereocenters. The zero-order chi connectivity index (χ0) is 15.2. The Bertz CT molecular complexity index is 496. The fourth-order valence-electron chi connectivity index (χ4n) is 2.94. The summed E-state index contributed by atoms with van der Waals surface area (Å²) < 4.78 is 0. The quantitative estimate of drug-likeness (QED) is 0.337. The lowest BCUT2D eigenvalue weighted by Crippen LogP contribution is -2.32. The third-order valence-corrected chi connectivity index (χ3v) is 4.81. The van der Waals surface area contributed by atoms with Crippen molar-refractivity contribution in [1.82, 2.24) is 5.32 Å². The molecule has 0 amide bonds. The minimum Gasteiger partial charge on any atom is -0.409 e. The minimum atomic E-state index is 0.0781. The Morgan fingerprint density at radius 1 is 1.38 bits per heavy atom. The first-order valence-electron chi connectivity index (χ1n) is 7.63. The van der Waals surface area contributed by atoms with Gasteiger partial charge in [-0.2, -0.15) is 0 Å².